The minimum absolute atomic E-state index is 0.408. The van der Waals surface area contributed by atoms with Crippen LogP contribution < -0.4 is 0 Å². The first-order valence-corrected chi connectivity index (χ1v) is 11.6. The van der Waals surface area contributed by atoms with Crippen molar-refractivity contribution in [3.8, 4) is 0 Å². The van der Waals surface area contributed by atoms with E-state index in [-0.39, 0.29) is 0 Å². The number of ether oxygens (including phenoxy) is 1. The van der Waals surface area contributed by atoms with Gasteiger partial charge in [0.05, 0.1) is 18.0 Å². The first-order valence-electron chi connectivity index (χ1n) is 11.6. The Balaban J connectivity index is 0.000000301. The van der Waals surface area contributed by atoms with Gasteiger partial charge in [0.25, 0.3) is 0 Å². The molecule has 2 aromatic heterocycles. The van der Waals surface area contributed by atoms with Crippen molar-refractivity contribution in [3.05, 3.63) is 47.5 Å². The summed E-state index contributed by atoms with van der Waals surface area (Å²) in [5, 5.41) is 19.1. The highest BCUT2D eigenvalue weighted by Crippen LogP contribution is 2.33. The fourth-order valence-electron chi connectivity index (χ4n) is 3.53. The van der Waals surface area contributed by atoms with Gasteiger partial charge in [0.2, 0.25) is 0 Å². The molecule has 0 saturated heterocycles. The lowest BCUT2D eigenvalue weighted by Gasteiger charge is -2.31. The van der Waals surface area contributed by atoms with Crippen LogP contribution in [-0.2, 0) is 34.0 Å². The average Bonchev–Trinajstić information content (AvgIpc) is 3.54. The van der Waals surface area contributed by atoms with E-state index in [0.717, 1.165) is 51.0 Å². The number of carboxylic acid groups (broad SMARTS) is 2. The van der Waals surface area contributed by atoms with E-state index in [0.29, 0.717) is 5.92 Å². The Bertz CT molecular complexity index is 1020. The number of aliphatic carboxylic acids is 2. The monoisotopic (exact) mass is 554 g/mol. The van der Waals surface area contributed by atoms with Crippen molar-refractivity contribution in [2.24, 2.45) is 5.92 Å². The summed E-state index contributed by atoms with van der Waals surface area (Å²) < 4.78 is 71.4. The molecule has 2 aliphatic rings. The number of fused-ring (bicyclic) bond motifs is 1. The summed E-state index contributed by atoms with van der Waals surface area (Å²) >= 11 is 0. The van der Waals surface area contributed by atoms with Crippen molar-refractivity contribution < 1.29 is 50.9 Å². The Labute approximate surface area is 214 Å². The van der Waals surface area contributed by atoms with Crippen molar-refractivity contribution in [2.75, 3.05) is 19.8 Å². The molecule has 212 valence electrons. The second-order valence-electron chi connectivity index (χ2n) is 8.65. The standard InChI is InChI=1S/C19H26N4O.2C2HF3O2/c1-2-24-14-16-10-22(11-17-5-3-4-8-20-17)13-19-18(16)12-23(21-19)9-15-6-7-15;2*3-2(4,5)1(6)7/h3-5,8,12,15-16H,2,6-7,9-11,13-14H2,1H3;2*(H,6,7). The van der Waals surface area contributed by atoms with Crippen LogP contribution in [0.4, 0.5) is 26.3 Å². The lowest BCUT2D eigenvalue weighted by Crippen LogP contribution is -2.35. The molecule has 1 aliphatic heterocycles. The highest BCUT2D eigenvalue weighted by Gasteiger charge is 2.39. The van der Waals surface area contributed by atoms with Gasteiger partial charge < -0.3 is 14.9 Å². The van der Waals surface area contributed by atoms with E-state index < -0.39 is 24.3 Å². The van der Waals surface area contributed by atoms with Gasteiger partial charge in [-0.05, 0) is 37.8 Å². The van der Waals surface area contributed by atoms with E-state index in [1.165, 1.54) is 24.1 Å². The summed E-state index contributed by atoms with van der Waals surface area (Å²) in [6, 6.07) is 6.12. The molecule has 2 aromatic rings. The van der Waals surface area contributed by atoms with Crippen LogP contribution >= 0.6 is 0 Å². The fourth-order valence-corrected chi connectivity index (χ4v) is 3.53. The largest absolute Gasteiger partial charge is 0.490 e. The predicted molar refractivity (Wildman–Crippen MR) is 120 cm³/mol. The van der Waals surface area contributed by atoms with Crippen LogP contribution in [0.25, 0.3) is 0 Å². The van der Waals surface area contributed by atoms with Crippen LogP contribution in [0.2, 0.25) is 0 Å². The van der Waals surface area contributed by atoms with E-state index in [1.54, 1.807) is 0 Å². The van der Waals surface area contributed by atoms with Gasteiger partial charge >= 0.3 is 24.3 Å². The predicted octanol–water partition coefficient (Wildman–Crippen LogP) is 4.09. The summed E-state index contributed by atoms with van der Waals surface area (Å²) in [6.45, 7) is 7.48. The van der Waals surface area contributed by atoms with E-state index in [1.807, 2.05) is 12.3 Å². The van der Waals surface area contributed by atoms with Crippen LogP contribution in [0.1, 0.15) is 42.6 Å². The van der Waals surface area contributed by atoms with Gasteiger partial charge in [0, 0.05) is 56.7 Å². The van der Waals surface area contributed by atoms with Crippen molar-refractivity contribution >= 4 is 11.9 Å². The van der Waals surface area contributed by atoms with Gasteiger partial charge in [-0.1, -0.05) is 6.07 Å². The smallest absolute Gasteiger partial charge is 0.475 e. The van der Waals surface area contributed by atoms with Crippen LogP contribution in [0, 0.1) is 5.92 Å². The maximum atomic E-state index is 10.6. The topological polar surface area (TPSA) is 118 Å². The molecule has 0 radical (unpaired) electrons. The molecule has 9 nitrogen and oxygen atoms in total. The number of pyridine rings is 1. The molecule has 1 aliphatic carbocycles. The van der Waals surface area contributed by atoms with Gasteiger partial charge in [-0.3, -0.25) is 14.6 Å². The zero-order valence-electron chi connectivity index (χ0n) is 20.4. The molecular weight excluding hydrogens is 526 g/mol. The molecule has 1 fully saturated rings. The summed E-state index contributed by atoms with van der Waals surface area (Å²) in [5.41, 5.74) is 3.73. The minimum atomic E-state index is -5.08. The van der Waals surface area contributed by atoms with Gasteiger partial charge in [-0.15, -0.1) is 0 Å². The average molecular weight is 554 g/mol. The molecule has 0 bridgehead atoms. The summed E-state index contributed by atoms with van der Waals surface area (Å²) in [4.78, 5) is 24.7. The number of carboxylic acids is 2. The highest BCUT2D eigenvalue weighted by atomic mass is 19.4. The Hall–Kier alpha value is -3.20. The SMILES string of the molecule is CCOCC1CN(Cc2ccccn2)Cc2nn(CC3CC3)cc21.O=C(O)C(F)(F)F.O=C(O)C(F)(F)F. The molecule has 1 unspecified atom stereocenters. The number of aromatic nitrogens is 3. The van der Waals surface area contributed by atoms with Gasteiger partial charge in [0.15, 0.2) is 0 Å². The molecule has 2 N–H and O–H groups in total. The lowest BCUT2D eigenvalue weighted by molar-refractivity contribution is -0.193. The van der Waals surface area contributed by atoms with Crippen LogP contribution in [0.3, 0.4) is 0 Å². The third-order valence-electron chi connectivity index (χ3n) is 5.42. The molecule has 1 saturated carbocycles. The summed E-state index contributed by atoms with van der Waals surface area (Å²) in [6.07, 6.45) is -3.31. The zero-order valence-corrected chi connectivity index (χ0v) is 20.4. The quantitative estimate of drug-likeness (QED) is 0.492. The van der Waals surface area contributed by atoms with Gasteiger partial charge in [-0.2, -0.15) is 31.4 Å². The molecule has 0 aromatic carbocycles. The fraction of sp³-hybridized carbons (Fsp3) is 0.565. The van der Waals surface area contributed by atoms with Gasteiger partial charge in [-0.25, -0.2) is 9.59 Å². The molecule has 38 heavy (non-hydrogen) atoms. The van der Waals surface area contributed by atoms with E-state index in [2.05, 4.69) is 39.8 Å². The Morgan fingerprint density at radius 1 is 1.08 bits per heavy atom. The lowest BCUT2D eigenvalue weighted by atomic mass is 9.95. The number of carbonyl (C=O) groups is 2. The van der Waals surface area contributed by atoms with Gasteiger partial charge in [0.1, 0.15) is 0 Å². The number of hydrogen-bond donors (Lipinski definition) is 2. The molecule has 3 heterocycles. The van der Waals surface area contributed by atoms with Crippen molar-refractivity contribution in [1.29, 1.82) is 0 Å². The number of hydrogen-bond acceptors (Lipinski definition) is 6. The maximum absolute atomic E-state index is 10.6. The molecule has 4 rings (SSSR count). The Morgan fingerprint density at radius 2 is 1.68 bits per heavy atom. The van der Waals surface area contributed by atoms with Crippen molar-refractivity contribution in [2.45, 2.75) is 57.7 Å². The maximum Gasteiger partial charge on any atom is 0.490 e. The normalized spacial score (nSPS) is 17.4. The van der Waals surface area contributed by atoms with Crippen molar-refractivity contribution in [3.63, 3.8) is 0 Å². The Morgan fingerprint density at radius 3 is 2.16 bits per heavy atom. The second-order valence-corrected chi connectivity index (χ2v) is 8.65. The molecule has 0 spiro atoms. The third kappa shape index (κ3) is 10.7. The van der Waals surface area contributed by atoms with Crippen molar-refractivity contribution in [1.82, 2.24) is 19.7 Å². The van der Waals surface area contributed by atoms with E-state index in [9.17, 15) is 26.3 Å². The second kappa shape index (κ2) is 13.6. The summed E-state index contributed by atoms with van der Waals surface area (Å²) in [7, 11) is 0. The zero-order chi connectivity index (χ0) is 28.5. The van der Waals surface area contributed by atoms with Crippen LogP contribution in [-0.4, -0.2) is 73.9 Å². The minimum Gasteiger partial charge on any atom is -0.475 e. The number of halogens is 6. The number of nitrogens with zero attached hydrogens (tertiary/aromatic N) is 4. The Kier molecular flexibility index (Phi) is 11.1. The number of rotatable bonds is 7. The van der Waals surface area contributed by atoms with Crippen LogP contribution in [0.15, 0.2) is 30.6 Å². The molecular formula is C23H28F6N4O5. The first-order chi connectivity index (χ1) is 17.7. The third-order valence-corrected chi connectivity index (χ3v) is 5.42. The molecule has 1 atom stereocenters. The molecule has 15 heteroatoms. The number of alkyl halides is 6. The first kappa shape index (κ1) is 31.0. The van der Waals surface area contributed by atoms with E-state index in [4.69, 9.17) is 29.6 Å². The molecule has 0 amide bonds. The highest BCUT2D eigenvalue weighted by molar-refractivity contribution is 5.73. The van der Waals surface area contributed by atoms with E-state index >= 15 is 0 Å². The summed E-state index contributed by atoms with van der Waals surface area (Å²) in [5.74, 6) is -4.26. The van der Waals surface area contributed by atoms with Crippen LogP contribution in [0.5, 0.6) is 0 Å².